The Morgan fingerprint density at radius 3 is 2.70 bits per heavy atom. The SMILES string of the molecule is Fc1cccc(/C=N/CCC2CC3CCCC(C3)C2)c1. The van der Waals surface area contributed by atoms with Crippen LogP contribution in [0.2, 0.25) is 0 Å². The van der Waals surface area contributed by atoms with Gasteiger partial charge in [0.1, 0.15) is 5.82 Å². The average Bonchev–Trinajstić information content (AvgIpc) is 2.43. The van der Waals surface area contributed by atoms with E-state index in [0.717, 1.165) is 29.9 Å². The van der Waals surface area contributed by atoms with E-state index in [-0.39, 0.29) is 5.82 Å². The Balaban J connectivity index is 1.45. The summed E-state index contributed by atoms with van der Waals surface area (Å²) >= 11 is 0. The van der Waals surface area contributed by atoms with Gasteiger partial charge in [0.15, 0.2) is 0 Å². The van der Waals surface area contributed by atoms with E-state index in [4.69, 9.17) is 0 Å². The molecule has 2 fully saturated rings. The van der Waals surface area contributed by atoms with E-state index in [1.54, 1.807) is 6.07 Å². The second kappa shape index (κ2) is 6.51. The molecular weight excluding hydrogens is 249 g/mol. The summed E-state index contributed by atoms with van der Waals surface area (Å²) in [5.41, 5.74) is 0.866. The van der Waals surface area contributed by atoms with Crippen LogP contribution in [0, 0.1) is 23.6 Å². The molecule has 2 bridgehead atoms. The highest BCUT2D eigenvalue weighted by Gasteiger charge is 2.31. The first-order chi connectivity index (χ1) is 9.79. The molecule has 2 saturated carbocycles. The zero-order chi connectivity index (χ0) is 13.8. The van der Waals surface area contributed by atoms with Crippen molar-refractivity contribution in [2.45, 2.75) is 44.9 Å². The van der Waals surface area contributed by atoms with Crippen LogP contribution in [0.5, 0.6) is 0 Å². The van der Waals surface area contributed by atoms with E-state index in [1.807, 2.05) is 12.3 Å². The summed E-state index contributed by atoms with van der Waals surface area (Å²) in [6.07, 6.45) is 11.7. The molecule has 0 amide bonds. The third kappa shape index (κ3) is 3.68. The van der Waals surface area contributed by atoms with Gasteiger partial charge in [0, 0.05) is 12.8 Å². The molecule has 20 heavy (non-hydrogen) atoms. The number of nitrogens with zero attached hydrogens (tertiary/aromatic N) is 1. The molecule has 2 unspecified atom stereocenters. The van der Waals surface area contributed by atoms with Crippen LogP contribution in [-0.4, -0.2) is 12.8 Å². The molecule has 1 aromatic rings. The van der Waals surface area contributed by atoms with Crippen molar-refractivity contribution in [1.29, 1.82) is 0 Å². The molecule has 1 nitrogen and oxygen atoms in total. The molecule has 108 valence electrons. The second-order valence-electron chi connectivity index (χ2n) is 6.62. The quantitative estimate of drug-likeness (QED) is 0.695. The van der Waals surface area contributed by atoms with Gasteiger partial charge in [-0.15, -0.1) is 0 Å². The van der Waals surface area contributed by atoms with E-state index < -0.39 is 0 Å². The number of aliphatic imine (C=N–C) groups is 1. The molecule has 2 aliphatic rings. The van der Waals surface area contributed by atoms with Crippen molar-refractivity contribution in [2.75, 3.05) is 6.54 Å². The Hall–Kier alpha value is -1.18. The highest BCUT2D eigenvalue weighted by Crippen LogP contribution is 2.43. The molecule has 2 atom stereocenters. The van der Waals surface area contributed by atoms with Gasteiger partial charge in [-0.05, 0) is 61.1 Å². The summed E-state index contributed by atoms with van der Waals surface area (Å²) < 4.78 is 13.0. The van der Waals surface area contributed by atoms with Crippen molar-refractivity contribution in [3.8, 4) is 0 Å². The lowest BCUT2D eigenvalue weighted by atomic mass is 9.67. The maximum atomic E-state index is 13.0. The second-order valence-corrected chi connectivity index (χ2v) is 6.62. The van der Waals surface area contributed by atoms with Crippen LogP contribution in [0.4, 0.5) is 4.39 Å². The molecule has 3 rings (SSSR count). The smallest absolute Gasteiger partial charge is 0.123 e. The first kappa shape index (κ1) is 13.8. The van der Waals surface area contributed by atoms with Gasteiger partial charge in [0.25, 0.3) is 0 Å². The number of benzene rings is 1. The monoisotopic (exact) mass is 273 g/mol. The van der Waals surface area contributed by atoms with Gasteiger partial charge >= 0.3 is 0 Å². The fourth-order valence-corrected chi connectivity index (χ4v) is 4.12. The molecule has 0 N–H and O–H groups in total. The highest BCUT2D eigenvalue weighted by molar-refractivity contribution is 5.79. The lowest BCUT2D eigenvalue weighted by molar-refractivity contribution is 0.133. The van der Waals surface area contributed by atoms with Crippen LogP contribution < -0.4 is 0 Å². The summed E-state index contributed by atoms with van der Waals surface area (Å²) in [5.74, 6) is 2.69. The molecule has 0 aromatic heterocycles. The Bertz CT molecular complexity index is 456. The maximum Gasteiger partial charge on any atom is 0.123 e. The standard InChI is InChI=1S/C18H24FN/c19-18-6-2-5-17(12-18)13-20-8-7-16-10-14-3-1-4-15(9-14)11-16/h2,5-6,12-16H,1,3-4,7-11H2/b20-13+. The number of fused-ring (bicyclic) bond motifs is 2. The number of halogens is 1. The van der Waals surface area contributed by atoms with E-state index in [0.29, 0.717) is 0 Å². The van der Waals surface area contributed by atoms with Crippen molar-refractivity contribution in [3.05, 3.63) is 35.6 Å². The van der Waals surface area contributed by atoms with Crippen LogP contribution in [0.3, 0.4) is 0 Å². The predicted octanol–water partition coefficient (Wildman–Crippen LogP) is 4.85. The predicted molar refractivity (Wildman–Crippen MR) is 81.7 cm³/mol. The third-order valence-corrected chi connectivity index (χ3v) is 4.98. The van der Waals surface area contributed by atoms with Gasteiger partial charge in [0.05, 0.1) is 0 Å². The first-order valence-corrected chi connectivity index (χ1v) is 8.05. The molecule has 0 radical (unpaired) electrons. The summed E-state index contributed by atoms with van der Waals surface area (Å²) in [4.78, 5) is 4.48. The van der Waals surface area contributed by atoms with Crippen LogP contribution in [0.15, 0.2) is 29.3 Å². The fourth-order valence-electron chi connectivity index (χ4n) is 4.12. The molecule has 0 aliphatic heterocycles. The lowest BCUT2D eigenvalue weighted by Crippen LogP contribution is -2.27. The zero-order valence-electron chi connectivity index (χ0n) is 12.1. The Kier molecular flexibility index (Phi) is 4.49. The number of rotatable bonds is 4. The van der Waals surface area contributed by atoms with Crippen molar-refractivity contribution in [2.24, 2.45) is 22.7 Å². The molecular formula is C18H24FN. The normalized spacial score (nSPS) is 29.8. The van der Waals surface area contributed by atoms with E-state index in [2.05, 4.69) is 4.99 Å². The minimum Gasteiger partial charge on any atom is -0.293 e. The first-order valence-electron chi connectivity index (χ1n) is 8.05. The van der Waals surface area contributed by atoms with Gasteiger partial charge in [-0.25, -0.2) is 4.39 Å². The van der Waals surface area contributed by atoms with Crippen molar-refractivity contribution in [1.82, 2.24) is 0 Å². The molecule has 0 spiro atoms. The van der Waals surface area contributed by atoms with Crippen LogP contribution >= 0.6 is 0 Å². The Morgan fingerprint density at radius 1 is 1.15 bits per heavy atom. The zero-order valence-corrected chi connectivity index (χ0v) is 12.1. The number of hydrogen-bond donors (Lipinski definition) is 0. The summed E-state index contributed by atoms with van der Waals surface area (Å²) in [6, 6.07) is 6.64. The van der Waals surface area contributed by atoms with Crippen LogP contribution in [0.25, 0.3) is 0 Å². The summed E-state index contributed by atoms with van der Waals surface area (Å²) in [7, 11) is 0. The highest BCUT2D eigenvalue weighted by atomic mass is 19.1. The lowest BCUT2D eigenvalue weighted by Gasteiger charge is -2.39. The third-order valence-electron chi connectivity index (χ3n) is 4.98. The Labute approximate surface area is 121 Å². The average molecular weight is 273 g/mol. The largest absolute Gasteiger partial charge is 0.293 e. The topological polar surface area (TPSA) is 12.4 Å². The number of hydrogen-bond acceptors (Lipinski definition) is 1. The minimum absolute atomic E-state index is 0.186. The summed E-state index contributed by atoms with van der Waals surface area (Å²) in [5, 5.41) is 0. The summed E-state index contributed by atoms with van der Waals surface area (Å²) in [6.45, 7) is 0.890. The van der Waals surface area contributed by atoms with E-state index >= 15 is 0 Å². The van der Waals surface area contributed by atoms with E-state index in [9.17, 15) is 4.39 Å². The van der Waals surface area contributed by atoms with Crippen LogP contribution in [-0.2, 0) is 0 Å². The van der Waals surface area contributed by atoms with Gasteiger partial charge in [-0.3, -0.25) is 4.99 Å². The van der Waals surface area contributed by atoms with Gasteiger partial charge in [-0.2, -0.15) is 0 Å². The molecule has 2 heteroatoms. The minimum atomic E-state index is -0.186. The molecule has 0 saturated heterocycles. The van der Waals surface area contributed by atoms with Gasteiger partial charge in [0.2, 0.25) is 0 Å². The van der Waals surface area contributed by atoms with Crippen molar-refractivity contribution < 1.29 is 4.39 Å². The molecule has 0 heterocycles. The van der Waals surface area contributed by atoms with Crippen molar-refractivity contribution >= 4 is 6.21 Å². The van der Waals surface area contributed by atoms with E-state index in [1.165, 1.54) is 57.1 Å². The van der Waals surface area contributed by atoms with Gasteiger partial charge < -0.3 is 0 Å². The van der Waals surface area contributed by atoms with Gasteiger partial charge in [-0.1, -0.05) is 31.4 Å². The molecule has 2 aliphatic carbocycles. The Morgan fingerprint density at radius 2 is 1.95 bits per heavy atom. The maximum absolute atomic E-state index is 13.0. The van der Waals surface area contributed by atoms with Crippen LogP contribution in [0.1, 0.15) is 50.5 Å². The molecule has 1 aromatic carbocycles. The fraction of sp³-hybridized carbons (Fsp3) is 0.611. The van der Waals surface area contributed by atoms with Crippen molar-refractivity contribution in [3.63, 3.8) is 0 Å².